The predicted octanol–water partition coefficient (Wildman–Crippen LogP) is 4.57. The van der Waals surface area contributed by atoms with E-state index in [0.717, 1.165) is 11.1 Å². The van der Waals surface area contributed by atoms with Crippen molar-refractivity contribution in [2.24, 2.45) is 5.10 Å². The second-order valence-corrected chi connectivity index (χ2v) is 6.02. The molecule has 1 aromatic heterocycles. The topological polar surface area (TPSA) is 54.4 Å². The lowest BCUT2D eigenvalue weighted by molar-refractivity contribution is 0.0955. The third-order valence-corrected chi connectivity index (χ3v) is 3.95. The molecule has 0 atom stereocenters. The molecule has 0 aliphatic carbocycles. The van der Waals surface area contributed by atoms with Gasteiger partial charge in [0, 0.05) is 39.1 Å². The van der Waals surface area contributed by atoms with Gasteiger partial charge in [0.25, 0.3) is 5.91 Å². The monoisotopic (exact) mass is 369 g/mol. The second kappa shape index (κ2) is 7.92. The highest BCUT2D eigenvalue weighted by molar-refractivity contribution is 6.31. The first-order valence-electron chi connectivity index (χ1n) is 7.43. The summed E-state index contributed by atoms with van der Waals surface area (Å²) in [5, 5.41) is 5.56. The Labute approximate surface area is 155 Å². The third-order valence-electron chi connectivity index (χ3n) is 3.45. The Hall–Kier alpha value is -2.69. The van der Waals surface area contributed by atoms with Gasteiger partial charge >= 0.3 is 0 Å². The Morgan fingerprint density at radius 3 is 1.72 bits per heavy atom. The maximum Gasteiger partial charge on any atom is 0.271 e. The van der Waals surface area contributed by atoms with E-state index in [1.165, 1.54) is 0 Å². The highest BCUT2D eigenvalue weighted by Gasteiger charge is 2.10. The molecule has 0 spiro atoms. The molecule has 0 bridgehead atoms. The highest BCUT2D eigenvalue weighted by Crippen LogP contribution is 2.17. The number of nitrogens with zero attached hydrogens (tertiary/aromatic N) is 2. The predicted molar refractivity (Wildman–Crippen MR) is 100 cm³/mol. The van der Waals surface area contributed by atoms with Crippen LogP contribution in [0, 0.1) is 0 Å². The molecule has 0 saturated heterocycles. The van der Waals surface area contributed by atoms with Crippen LogP contribution in [0.3, 0.4) is 0 Å². The molecule has 0 fully saturated rings. The van der Waals surface area contributed by atoms with Gasteiger partial charge in [0.1, 0.15) is 0 Å². The van der Waals surface area contributed by atoms with Crippen LogP contribution in [0.5, 0.6) is 0 Å². The number of pyridine rings is 1. The number of carbonyl (C=O) groups excluding carboxylic acids is 1. The lowest BCUT2D eigenvalue weighted by Gasteiger charge is -2.08. The minimum Gasteiger partial charge on any atom is -0.267 e. The lowest BCUT2D eigenvalue weighted by Crippen LogP contribution is -2.20. The van der Waals surface area contributed by atoms with Gasteiger partial charge in [0.15, 0.2) is 0 Å². The molecule has 1 amide bonds. The number of carbonyl (C=O) groups is 1. The van der Waals surface area contributed by atoms with Crippen LogP contribution in [-0.2, 0) is 0 Å². The van der Waals surface area contributed by atoms with Crippen molar-refractivity contribution in [2.45, 2.75) is 0 Å². The average molecular weight is 370 g/mol. The molecule has 0 aliphatic heterocycles. The van der Waals surface area contributed by atoms with Gasteiger partial charge in [-0.05, 0) is 36.4 Å². The number of amides is 1. The zero-order chi connectivity index (χ0) is 17.6. The molecule has 3 rings (SSSR count). The molecule has 0 saturated carbocycles. The number of hydrogen-bond acceptors (Lipinski definition) is 3. The number of rotatable bonds is 4. The van der Waals surface area contributed by atoms with Crippen molar-refractivity contribution in [1.29, 1.82) is 0 Å². The molecule has 25 heavy (non-hydrogen) atoms. The van der Waals surface area contributed by atoms with E-state index in [1.54, 1.807) is 48.8 Å². The summed E-state index contributed by atoms with van der Waals surface area (Å²) in [5.74, 6) is -0.317. The van der Waals surface area contributed by atoms with E-state index in [2.05, 4.69) is 15.5 Å². The summed E-state index contributed by atoms with van der Waals surface area (Å²) in [7, 11) is 0. The number of hydrogen-bond donors (Lipinski definition) is 1. The molecule has 1 heterocycles. The standard InChI is InChI=1S/C19H13Cl2N3O/c20-16-5-1-13(2-6-16)18(14-3-7-17(21)8-4-14)23-24-19(25)15-9-11-22-12-10-15/h1-12H,(H,24,25). The summed E-state index contributed by atoms with van der Waals surface area (Å²) in [6, 6.07) is 17.7. The maximum atomic E-state index is 12.2. The first-order valence-corrected chi connectivity index (χ1v) is 8.19. The lowest BCUT2D eigenvalue weighted by atomic mass is 10.0. The fraction of sp³-hybridized carbons (Fsp3) is 0. The number of nitrogens with one attached hydrogen (secondary N) is 1. The van der Waals surface area contributed by atoms with Crippen molar-refractivity contribution in [2.75, 3.05) is 0 Å². The van der Waals surface area contributed by atoms with Gasteiger partial charge in [-0.25, -0.2) is 5.43 Å². The Balaban J connectivity index is 1.94. The van der Waals surface area contributed by atoms with Gasteiger partial charge in [-0.3, -0.25) is 9.78 Å². The minimum atomic E-state index is -0.317. The average Bonchev–Trinajstić information content (AvgIpc) is 2.65. The molecule has 1 N–H and O–H groups in total. The van der Waals surface area contributed by atoms with Crippen LogP contribution in [0.25, 0.3) is 0 Å². The smallest absolute Gasteiger partial charge is 0.267 e. The van der Waals surface area contributed by atoms with Crippen LogP contribution >= 0.6 is 23.2 Å². The van der Waals surface area contributed by atoms with Gasteiger partial charge in [-0.1, -0.05) is 47.5 Å². The number of aromatic nitrogens is 1. The van der Waals surface area contributed by atoms with Crippen molar-refractivity contribution in [3.05, 3.63) is 99.8 Å². The van der Waals surface area contributed by atoms with Gasteiger partial charge in [0.2, 0.25) is 0 Å². The molecule has 6 heteroatoms. The summed E-state index contributed by atoms with van der Waals surface area (Å²) in [6.07, 6.45) is 3.11. The van der Waals surface area contributed by atoms with E-state index in [4.69, 9.17) is 23.2 Å². The molecule has 3 aromatic rings. The zero-order valence-corrected chi connectivity index (χ0v) is 14.5. The quantitative estimate of drug-likeness (QED) is 0.540. The first kappa shape index (κ1) is 17.1. The van der Waals surface area contributed by atoms with Crippen LogP contribution in [-0.4, -0.2) is 16.6 Å². The number of halogens is 2. The summed E-state index contributed by atoms with van der Waals surface area (Å²) < 4.78 is 0. The zero-order valence-electron chi connectivity index (χ0n) is 13.0. The van der Waals surface area contributed by atoms with Crippen LogP contribution in [0.15, 0.2) is 78.2 Å². The summed E-state index contributed by atoms with van der Waals surface area (Å²) >= 11 is 11.9. The van der Waals surface area contributed by atoms with Crippen LogP contribution < -0.4 is 5.43 Å². The fourth-order valence-corrected chi connectivity index (χ4v) is 2.44. The van der Waals surface area contributed by atoms with Crippen molar-refractivity contribution in [3.8, 4) is 0 Å². The van der Waals surface area contributed by atoms with Crippen molar-refractivity contribution >= 4 is 34.8 Å². The largest absolute Gasteiger partial charge is 0.271 e. The molecular formula is C19H13Cl2N3O. The molecule has 0 radical (unpaired) electrons. The van der Waals surface area contributed by atoms with Gasteiger partial charge in [0.05, 0.1) is 5.71 Å². The van der Waals surface area contributed by atoms with Gasteiger partial charge in [-0.2, -0.15) is 5.10 Å². The molecule has 4 nitrogen and oxygen atoms in total. The summed E-state index contributed by atoms with van der Waals surface area (Å²) in [6.45, 7) is 0. The Bertz CT molecular complexity index is 845. The van der Waals surface area contributed by atoms with Crippen LogP contribution in [0.2, 0.25) is 10.0 Å². The van der Waals surface area contributed by atoms with Crippen LogP contribution in [0.1, 0.15) is 21.5 Å². The Morgan fingerprint density at radius 1 is 0.760 bits per heavy atom. The third kappa shape index (κ3) is 4.44. The fourth-order valence-electron chi connectivity index (χ4n) is 2.19. The van der Waals surface area contributed by atoms with Crippen molar-refractivity contribution < 1.29 is 4.79 Å². The Kier molecular flexibility index (Phi) is 5.43. The summed E-state index contributed by atoms with van der Waals surface area (Å²) in [4.78, 5) is 16.1. The van der Waals surface area contributed by atoms with E-state index in [9.17, 15) is 4.79 Å². The number of benzene rings is 2. The van der Waals surface area contributed by atoms with E-state index in [-0.39, 0.29) is 5.91 Å². The Morgan fingerprint density at radius 2 is 1.24 bits per heavy atom. The molecule has 2 aromatic carbocycles. The normalized spacial score (nSPS) is 10.2. The van der Waals surface area contributed by atoms with Gasteiger partial charge < -0.3 is 0 Å². The maximum absolute atomic E-state index is 12.2. The van der Waals surface area contributed by atoms with E-state index in [0.29, 0.717) is 21.3 Å². The molecule has 0 unspecified atom stereocenters. The summed E-state index contributed by atoms with van der Waals surface area (Å²) in [5.41, 5.74) is 5.31. The SMILES string of the molecule is O=C(NN=C(c1ccc(Cl)cc1)c1ccc(Cl)cc1)c1ccncc1. The first-order chi connectivity index (χ1) is 12.1. The number of hydrazone groups is 1. The molecule has 0 aliphatic rings. The second-order valence-electron chi connectivity index (χ2n) is 5.15. The van der Waals surface area contributed by atoms with Crippen molar-refractivity contribution in [1.82, 2.24) is 10.4 Å². The van der Waals surface area contributed by atoms with Gasteiger partial charge in [-0.15, -0.1) is 0 Å². The van der Waals surface area contributed by atoms with Crippen molar-refractivity contribution in [3.63, 3.8) is 0 Å². The van der Waals surface area contributed by atoms with E-state index in [1.807, 2.05) is 24.3 Å². The minimum absolute atomic E-state index is 0.317. The van der Waals surface area contributed by atoms with Crippen LogP contribution in [0.4, 0.5) is 0 Å². The molecular weight excluding hydrogens is 357 g/mol. The highest BCUT2D eigenvalue weighted by atomic mass is 35.5. The molecule has 124 valence electrons. The van der Waals surface area contributed by atoms with E-state index >= 15 is 0 Å². The van der Waals surface area contributed by atoms with E-state index < -0.39 is 0 Å².